The van der Waals surface area contributed by atoms with Crippen LogP contribution in [-0.4, -0.2) is 37.2 Å². The van der Waals surface area contributed by atoms with Crippen LogP contribution in [0.2, 0.25) is 0 Å². The smallest absolute Gasteiger partial charge is 0.313 e. The Morgan fingerprint density at radius 2 is 2.08 bits per heavy atom. The van der Waals surface area contributed by atoms with Crippen LogP contribution in [0.15, 0.2) is 16.3 Å². The van der Waals surface area contributed by atoms with Crippen LogP contribution < -0.4 is 0 Å². The van der Waals surface area contributed by atoms with E-state index in [1.807, 2.05) is 13.8 Å². The molecule has 5 heteroatoms. The maximum absolute atomic E-state index is 12.1. The fourth-order valence-electron chi connectivity index (χ4n) is 3.91. The van der Waals surface area contributed by atoms with Crippen LogP contribution in [-0.2, 0) is 19.1 Å². The number of carbonyl (C=O) groups excluding carboxylic acids is 2. The van der Waals surface area contributed by atoms with Crippen molar-refractivity contribution >= 4 is 18.0 Å². The second-order valence-corrected chi connectivity index (χ2v) is 6.89. The van der Waals surface area contributed by atoms with Crippen LogP contribution in [0, 0.1) is 5.92 Å². The van der Waals surface area contributed by atoms with Gasteiger partial charge in [0.25, 0.3) is 0 Å². The molecule has 134 valence electrons. The molecular formula is C19H29NO4. The minimum absolute atomic E-state index is 0.0132. The van der Waals surface area contributed by atoms with Gasteiger partial charge in [0.15, 0.2) is 0 Å². The lowest BCUT2D eigenvalue weighted by molar-refractivity contribution is -0.178. The van der Waals surface area contributed by atoms with Crippen LogP contribution in [0.1, 0.15) is 65.2 Å². The summed E-state index contributed by atoms with van der Waals surface area (Å²) in [7, 11) is 1.64. The van der Waals surface area contributed by atoms with Gasteiger partial charge in [-0.2, -0.15) is 0 Å². The SMILES string of the molecule is CCN=C/C(OC)=C(\C)CCC1(C2CCCC2)CC(=O)CC(=O)O1. The number of carbonyl (C=O) groups is 2. The minimum atomic E-state index is -0.620. The van der Waals surface area contributed by atoms with E-state index in [1.54, 1.807) is 13.3 Å². The van der Waals surface area contributed by atoms with Gasteiger partial charge in [-0.25, -0.2) is 0 Å². The number of allylic oxidation sites excluding steroid dienone is 2. The number of Topliss-reactive ketones (excluding diaryl/α,β-unsaturated/α-hetero) is 1. The minimum Gasteiger partial charge on any atom is -0.495 e. The number of ether oxygens (including phenoxy) is 2. The zero-order valence-corrected chi connectivity index (χ0v) is 15.1. The first-order valence-corrected chi connectivity index (χ1v) is 8.98. The summed E-state index contributed by atoms with van der Waals surface area (Å²) in [5.41, 5.74) is 0.450. The summed E-state index contributed by atoms with van der Waals surface area (Å²) in [5, 5.41) is 0. The molecule has 1 saturated carbocycles. The Morgan fingerprint density at radius 3 is 2.67 bits per heavy atom. The second kappa shape index (κ2) is 8.45. The first-order valence-electron chi connectivity index (χ1n) is 8.98. The van der Waals surface area contributed by atoms with Gasteiger partial charge in [0.2, 0.25) is 0 Å². The largest absolute Gasteiger partial charge is 0.495 e. The quantitative estimate of drug-likeness (QED) is 0.308. The topological polar surface area (TPSA) is 65.0 Å². The Hall–Kier alpha value is -1.65. The Balaban J connectivity index is 2.16. The number of aliphatic imine (C=N–C) groups is 1. The third-order valence-electron chi connectivity index (χ3n) is 5.21. The Kier molecular flexibility index (Phi) is 6.58. The van der Waals surface area contributed by atoms with Gasteiger partial charge in [0, 0.05) is 13.0 Å². The van der Waals surface area contributed by atoms with E-state index in [9.17, 15) is 9.59 Å². The van der Waals surface area contributed by atoms with Crippen molar-refractivity contribution in [3.05, 3.63) is 11.3 Å². The summed E-state index contributed by atoms with van der Waals surface area (Å²) in [5.74, 6) is 0.708. The molecule has 1 aliphatic heterocycles. The highest BCUT2D eigenvalue weighted by molar-refractivity contribution is 5.98. The number of nitrogens with zero attached hydrogens (tertiary/aromatic N) is 1. The van der Waals surface area contributed by atoms with Crippen LogP contribution in [0.5, 0.6) is 0 Å². The van der Waals surface area contributed by atoms with E-state index >= 15 is 0 Å². The maximum atomic E-state index is 12.1. The molecule has 24 heavy (non-hydrogen) atoms. The molecule has 0 aromatic rings. The van der Waals surface area contributed by atoms with Crippen molar-refractivity contribution in [2.75, 3.05) is 13.7 Å². The lowest BCUT2D eigenvalue weighted by Gasteiger charge is -2.41. The molecule has 1 saturated heterocycles. The van der Waals surface area contributed by atoms with Gasteiger partial charge in [0.05, 0.1) is 13.3 Å². The van der Waals surface area contributed by atoms with Crippen LogP contribution in [0.4, 0.5) is 0 Å². The van der Waals surface area contributed by atoms with Gasteiger partial charge in [-0.15, -0.1) is 0 Å². The first kappa shape index (κ1) is 18.7. The number of rotatable bonds is 7. The molecule has 2 aliphatic rings. The Morgan fingerprint density at radius 1 is 1.38 bits per heavy atom. The van der Waals surface area contributed by atoms with Crippen molar-refractivity contribution < 1.29 is 19.1 Å². The molecule has 2 rings (SSSR count). The van der Waals surface area contributed by atoms with Crippen molar-refractivity contribution in [1.29, 1.82) is 0 Å². The number of hydrogen-bond donors (Lipinski definition) is 0. The predicted molar refractivity (Wildman–Crippen MR) is 93.0 cm³/mol. The summed E-state index contributed by atoms with van der Waals surface area (Å²) in [6.07, 6.45) is 7.83. The maximum Gasteiger partial charge on any atom is 0.313 e. The fraction of sp³-hybridized carbons (Fsp3) is 0.737. The van der Waals surface area contributed by atoms with E-state index in [2.05, 4.69) is 4.99 Å². The molecule has 1 atom stereocenters. The Labute approximate surface area is 144 Å². The van der Waals surface area contributed by atoms with Crippen LogP contribution in [0.3, 0.4) is 0 Å². The van der Waals surface area contributed by atoms with Gasteiger partial charge < -0.3 is 9.47 Å². The van der Waals surface area contributed by atoms with Gasteiger partial charge in [-0.1, -0.05) is 12.8 Å². The zero-order valence-electron chi connectivity index (χ0n) is 15.1. The number of hydrogen-bond acceptors (Lipinski definition) is 5. The van der Waals surface area contributed by atoms with Gasteiger partial charge in [0.1, 0.15) is 23.6 Å². The Bertz CT molecular complexity index is 513. The number of esters is 1. The highest BCUT2D eigenvalue weighted by atomic mass is 16.6. The summed E-state index contributed by atoms with van der Waals surface area (Å²) >= 11 is 0. The lowest BCUT2D eigenvalue weighted by Crippen LogP contribution is -2.47. The van der Waals surface area contributed by atoms with E-state index in [4.69, 9.17) is 9.47 Å². The molecule has 1 unspecified atom stereocenters. The number of ketones is 1. The molecular weight excluding hydrogens is 306 g/mol. The summed E-state index contributed by atoms with van der Waals surface area (Å²) in [6, 6.07) is 0. The highest BCUT2D eigenvalue weighted by Crippen LogP contribution is 2.44. The predicted octanol–water partition coefficient (Wildman–Crippen LogP) is 3.61. The molecule has 0 spiro atoms. The van der Waals surface area contributed by atoms with Crippen molar-refractivity contribution in [2.24, 2.45) is 10.9 Å². The molecule has 0 aromatic heterocycles. The average molecular weight is 335 g/mol. The van der Waals surface area contributed by atoms with E-state index in [1.165, 1.54) is 0 Å². The van der Waals surface area contributed by atoms with Crippen molar-refractivity contribution in [2.45, 2.75) is 70.8 Å². The van der Waals surface area contributed by atoms with E-state index in [-0.39, 0.29) is 18.2 Å². The molecule has 0 aromatic carbocycles. The molecule has 2 fully saturated rings. The molecule has 1 heterocycles. The molecule has 5 nitrogen and oxygen atoms in total. The summed E-state index contributed by atoms with van der Waals surface area (Å²) < 4.78 is 11.2. The van der Waals surface area contributed by atoms with Crippen LogP contribution in [0.25, 0.3) is 0 Å². The van der Waals surface area contributed by atoms with Crippen molar-refractivity contribution in [3.8, 4) is 0 Å². The van der Waals surface area contributed by atoms with Gasteiger partial charge >= 0.3 is 5.97 Å². The standard InChI is InChI=1S/C19H29NO4/c1-4-20-13-17(23-3)14(2)9-10-19(15-7-5-6-8-15)12-16(21)11-18(22)24-19/h13,15H,4-12H2,1-3H3/b17-14-,20-13?. The van der Waals surface area contributed by atoms with Gasteiger partial charge in [-0.05, 0) is 51.0 Å². The van der Waals surface area contributed by atoms with Crippen LogP contribution >= 0.6 is 0 Å². The normalized spacial score (nSPS) is 26.6. The van der Waals surface area contributed by atoms with E-state index in [0.717, 1.165) is 43.4 Å². The lowest BCUT2D eigenvalue weighted by atomic mass is 9.76. The molecule has 0 bridgehead atoms. The van der Waals surface area contributed by atoms with E-state index in [0.29, 0.717) is 25.3 Å². The second-order valence-electron chi connectivity index (χ2n) is 6.89. The monoisotopic (exact) mass is 335 g/mol. The number of cyclic esters (lactones) is 1. The van der Waals surface area contributed by atoms with Crippen molar-refractivity contribution in [3.63, 3.8) is 0 Å². The molecule has 0 amide bonds. The zero-order chi connectivity index (χ0) is 17.6. The fourth-order valence-corrected chi connectivity index (χ4v) is 3.91. The van der Waals surface area contributed by atoms with Gasteiger partial charge in [-0.3, -0.25) is 14.6 Å². The summed E-state index contributed by atoms with van der Waals surface area (Å²) in [6.45, 7) is 4.69. The summed E-state index contributed by atoms with van der Waals surface area (Å²) in [4.78, 5) is 28.2. The molecule has 1 aliphatic carbocycles. The average Bonchev–Trinajstić information content (AvgIpc) is 3.08. The molecule has 0 N–H and O–H groups in total. The molecule has 0 radical (unpaired) electrons. The van der Waals surface area contributed by atoms with E-state index < -0.39 is 5.60 Å². The number of methoxy groups -OCH3 is 1. The highest BCUT2D eigenvalue weighted by Gasteiger charge is 2.47. The third kappa shape index (κ3) is 4.46. The third-order valence-corrected chi connectivity index (χ3v) is 5.21. The first-order chi connectivity index (χ1) is 11.5. The van der Waals surface area contributed by atoms with Crippen molar-refractivity contribution in [1.82, 2.24) is 0 Å².